The first-order valence-corrected chi connectivity index (χ1v) is 6.18. The fraction of sp³-hybridized carbons (Fsp3) is 0.385. The third-order valence-corrected chi connectivity index (χ3v) is 3.54. The van der Waals surface area contributed by atoms with Gasteiger partial charge >= 0.3 is 0 Å². The molecule has 0 bridgehead atoms. The Morgan fingerprint density at radius 2 is 2.07 bits per heavy atom. The van der Waals surface area contributed by atoms with E-state index in [9.17, 15) is 0 Å². The van der Waals surface area contributed by atoms with Gasteiger partial charge in [0.1, 0.15) is 0 Å². The topological polar surface area (TPSA) is 12.0 Å². The van der Waals surface area contributed by atoms with Gasteiger partial charge in [-0.05, 0) is 37.0 Å². The molecule has 1 aliphatic carbocycles. The molecule has 0 aromatic heterocycles. The van der Waals surface area contributed by atoms with Crippen LogP contribution in [0.25, 0.3) is 0 Å². The van der Waals surface area contributed by atoms with Crippen LogP contribution in [0.1, 0.15) is 24.0 Å². The van der Waals surface area contributed by atoms with Crippen LogP contribution in [0, 0.1) is 6.92 Å². The van der Waals surface area contributed by atoms with Crippen LogP contribution in [0.15, 0.2) is 34.8 Å². The summed E-state index contributed by atoms with van der Waals surface area (Å²) in [4.78, 5) is 0. The van der Waals surface area contributed by atoms with E-state index in [4.69, 9.17) is 0 Å². The largest absolute Gasteiger partial charge is 0.309 e. The lowest BCUT2D eigenvalue weighted by molar-refractivity contribution is 0.538. The first-order valence-electron chi connectivity index (χ1n) is 5.39. The van der Waals surface area contributed by atoms with E-state index < -0.39 is 0 Å². The van der Waals surface area contributed by atoms with Crippen LogP contribution in [0.2, 0.25) is 0 Å². The maximum absolute atomic E-state index is 3.60. The van der Waals surface area contributed by atoms with Gasteiger partial charge < -0.3 is 5.32 Å². The molecular weight excluding hydrogens is 250 g/mol. The quantitative estimate of drug-likeness (QED) is 0.825. The fourth-order valence-corrected chi connectivity index (χ4v) is 2.47. The smallest absolute Gasteiger partial charge is 0.0222 e. The van der Waals surface area contributed by atoms with Gasteiger partial charge in [-0.2, -0.15) is 0 Å². The van der Waals surface area contributed by atoms with Gasteiger partial charge in [0.15, 0.2) is 0 Å². The van der Waals surface area contributed by atoms with Crippen LogP contribution in [0.5, 0.6) is 0 Å². The molecule has 2 heteroatoms. The summed E-state index contributed by atoms with van der Waals surface area (Å²) in [6, 6.07) is 7.16. The highest BCUT2D eigenvalue weighted by Gasteiger charge is 2.09. The zero-order valence-corrected chi connectivity index (χ0v) is 10.5. The standard InChI is InChI=1S/C13H16BrN/c1-10-6-7-11(13(14)8-10)9-15-12-4-2-3-5-12/h2-3,6-8,12,15H,4-5,9H2,1H3. The first kappa shape index (κ1) is 10.9. The number of hydrogen-bond acceptors (Lipinski definition) is 1. The van der Waals surface area contributed by atoms with Gasteiger partial charge in [0, 0.05) is 17.1 Å². The van der Waals surface area contributed by atoms with Gasteiger partial charge in [0.05, 0.1) is 0 Å². The third-order valence-electron chi connectivity index (χ3n) is 2.80. The molecular formula is C13H16BrN. The Hall–Kier alpha value is -0.600. The van der Waals surface area contributed by atoms with Crippen molar-refractivity contribution in [3.05, 3.63) is 46.0 Å². The van der Waals surface area contributed by atoms with E-state index in [1.807, 2.05) is 0 Å². The maximum atomic E-state index is 3.60. The van der Waals surface area contributed by atoms with E-state index in [1.54, 1.807) is 0 Å². The van der Waals surface area contributed by atoms with Crippen molar-refractivity contribution in [1.82, 2.24) is 5.32 Å². The van der Waals surface area contributed by atoms with E-state index in [2.05, 4.69) is 58.5 Å². The summed E-state index contributed by atoms with van der Waals surface area (Å²) in [6.45, 7) is 3.07. The van der Waals surface area contributed by atoms with Crippen molar-refractivity contribution in [2.24, 2.45) is 0 Å². The van der Waals surface area contributed by atoms with Crippen LogP contribution >= 0.6 is 15.9 Å². The highest BCUT2D eigenvalue weighted by Crippen LogP contribution is 2.19. The van der Waals surface area contributed by atoms with E-state index in [0.29, 0.717) is 6.04 Å². The van der Waals surface area contributed by atoms with Gasteiger partial charge in [-0.15, -0.1) is 0 Å². The van der Waals surface area contributed by atoms with Crippen LogP contribution in [-0.2, 0) is 6.54 Å². The SMILES string of the molecule is Cc1ccc(CNC2CC=CC2)c(Br)c1. The zero-order chi connectivity index (χ0) is 10.7. The Balaban J connectivity index is 1.92. The van der Waals surface area contributed by atoms with Crippen molar-refractivity contribution in [2.75, 3.05) is 0 Å². The number of nitrogens with one attached hydrogen (secondary N) is 1. The monoisotopic (exact) mass is 265 g/mol. The molecule has 0 fully saturated rings. The molecule has 2 rings (SSSR count). The summed E-state index contributed by atoms with van der Waals surface area (Å²) < 4.78 is 1.21. The van der Waals surface area contributed by atoms with E-state index in [1.165, 1.54) is 28.4 Å². The molecule has 0 spiro atoms. The first-order chi connectivity index (χ1) is 7.25. The molecule has 0 amide bonds. The van der Waals surface area contributed by atoms with Crippen molar-refractivity contribution in [3.8, 4) is 0 Å². The van der Waals surface area contributed by atoms with Crippen molar-refractivity contribution >= 4 is 15.9 Å². The minimum atomic E-state index is 0.637. The zero-order valence-electron chi connectivity index (χ0n) is 8.96. The molecule has 1 aromatic rings. The lowest BCUT2D eigenvalue weighted by Crippen LogP contribution is -2.25. The molecule has 80 valence electrons. The van der Waals surface area contributed by atoms with Gasteiger partial charge in [-0.3, -0.25) is 0 Å². The molecule has 0 saturated carbocycles. The highest BCUT2D eigenvalue weighted by molar-refractivity contribution is 9.10. The minimum absolute atomic E-state index is 0.637. The Morgan fingerprint density at radius 3 is 2.73 bits per heavy atom. The summed E-state index contributed by atoms with van der Waals surface area (Å²) in [5, 5.41) is 3.57. The lowest BCUT2D eigenvalue weighted by atomic mass is 10.1. The second-order valence-electron chi connectivity index (χ2n) is 4.12. The Labute approximate surface area is 99.7 Å². The Bertz CT molecular complexity index is 363. The fourth-order valence-electron chi connectivity index (χ4n) is 1.83. The van der Waals surface area contributed by atoms with Gasteiger partial charge in [0.25, 0.3) is 0 Å². The molecule has 0 heterocycles. The number of halogens is 1. The normalized spacial score (nSPS) is 16.1. The second kappa shape index (κ2) is 4.95. The van der Waals surface area contributed by atoms with Crippen LogP contribution < -0.4 is 5.32 Å². The molecule has 0 saturated heterocycles. The predicted molar refractivity (Wildman–Crippen MR) is 67.9 cm³/mol. The number of hydrogen-bond donors (Lipinski definition) is 1. The molecule has 0 atom stereocenters. The van der Waals surface area contributed by atoms with E-state index in [0.717, 1.165) is 6.54 Å². The third kappa shape index (κ3) is 2.93. The molecule has 1 N–H and O–H groups in total. The minimum Gasteiger partial charge on any atom is -0.309 e. The van der Waals surface area contributed by atoms with Crippen LogP contribution in [-0.4, -0.2) is 6.04 Å². The van der Waals surface area contributed by atoms with E-state index in [-0.39, 0.29) is 0 Å². The van der Waals surface area contributed by atoms with Crippen molar-refractivity contribution in [1.29, 1.82) is 0 Å². The molecule has 0 unspecified atom stereocenters. The van der Waals surface area contributed by atoms with Crippen molar-refractivity contribution in [3.63, 3.8) is 0 Å². The maximum Gasteiger partial charge on any atom is 0.0222 e. The van der Waals surface area contributed by atoms with Crippen LogP contribution in [0.3, 0.4) is 0 Å². The summed E-state index contributed by atoms with van der Waals surface area (Å²) in [7, 11) is 0. The predicted octanol–water partition coefficient (Wildman–Crippen LogP) is 3.57. The average molecular weight is 266 g/mol. The number of rotatable bonds is 3. The number of benzene rings is 1. The summed E-state index contributed by atoms with van der Waals surface area (Å²) in [5.41, 5.74) is 2.64. The summed E-state index contributed by atoms with van der Waals surface area (Å²) >= 11 is 3.60. The summed E-state index contributed by atoms with van der Waals surface area (Å²) in [5.74, 6) is 0. The Kier molecular flexibility index (Phi) is 3.60. The summed E-state index contributed by atoms with van der Waals surface area (Å²) in [6.07, 6.45) is 6.84. The molecule has 1 aliphatic rings. The van der Waals surface area contributed by atoms with Gasteiger partial charge in [-0.1, -0.05) is 40.2 Å². The highest BCUT2D eigenvalue weighted by atomic mass is 79.9. The van der Waals surface area contributed by atoms with Gasteiger partial charge in [0.2, 0.25) is 0 Å². The van der Waals surface area contributed by atoms with Gasteiger partial charge in [-0.25, -0.2) is 0 Å². The average Bonchev–Trinajstić information content (AvgIpc) is 2.69. The molecule has 0 radical (unpaired) electrons. The molecule has 1 nitrogen and oxygen atoms in total. The van der Waals surface area contributed by atoms with Crippen LogP contribution in [0.4, 0.5) is 0 Å². The van der Waals surface area contributed by atoms with E-state index >= 15 is 0 Å². The van der Waals surface area contributed by atoms with Crippen molar-refractivity contribution in [2.45, 2.75) is 32.4 Å². The molecule has 1 aromatic carbocycles. The van der Waals surface area contributed by atoms with Crippen molar-refractivity contribution < 1.29 is 0 Å². The number of aryl methyl sites for hydroxylation is 1. The Morgan fingerprint density at radius 1 is 1.33 bits per heavy atom. The lowest BCUT2D eigenvalue weighted by Gasteiger charge is -2.13. The second-order valence-corrected chi connectivity index (χ2v) is 4.97. The molecule has 15 heavy (non-hydrogen) atoms. The molecule has 0 aliphatic heterocycles.